The predicted octanol–water partition coefficient (Wildman–Crippen LogP) is 1.59. The lowest BCUT2D eigenvalue weighted by molar-refractivity contribution is -0.151. The van der Waals surface area contributed by atoms with Crippen LogP contribution in [0, 0.1) is 17.8 Å². The van der Waals surface area contributed by atoms with E-state index in [9.17, 15) is 19.5 Å². The van der Waals surface area contributed by atoms with E-state index in [1.807, 2.05) is 52.0 Å². The van der Waals surface area contributed by atoms with E-state index < -0.39 is 35.1 Å². The summed E-state index contributed by atoms with van der Waals surface area (Å²) in [5.74, 6) is -2.15. The summed E-state index contributed by atoms with van der Waals surface area (Å²) in [7, 11) is 0. The molecule has 3 N–H and O–H groups in total. The number of hydrogen-bond donors (Lipinski definition) is 3. The molecule has 39 heavy (non-hydrogen) atoms. The molecule has 3 fully saturated rings. The standard InChI is InChI=1S/C28H40N6O5/c1-5-13-29-24(36)21-22-26(38)34(18(15-35)14-17(3)4)23(28(22)12-11-27(21,6-2)39-28)25(37)30-16-33-20-10-8-7-9-19(20)31-32-33/h7-10,17-18,21-23,35H,5-6,11-16H2,1-4H3,(H,29,36)(H,30,37)/t18-,21-,22+,23?,27+,28?/m1/s1. The first-order chi connectivity index (χ1) is 18.7. The maximum atomic E-state index is 14.3. The van der Waals surface area contributed by atoms with Crippen molar-refractivity contribution < 1.29 is 24.2 Å². The van der Waals surface area contributed by atoms with Crippen molar-refractivity contribution in [1.82, 2.24) is 30.5 Å². The van der Waals surface area contributed by atoms with Gasteiger partial charge in [-0.25, -0.2) is 4.68 Å². The van der Waals surface area contributed by atoms with E-state index in [1.54, 1.807) is 4.68 Å². The second kappa shape index (κ2) is 10.5. The molecule has 212 valence electrons. The van der Waals surface area contributed by atoms with Crippen molar-refractivity contribution in [3.8, 4) is 0 Å². The summed E-state index contributed by atoms with van der Waals surface area (Å²) < 4.78 is 8.37. The molecule has 4 heterocycles. The number of para-hydroxylation sites is 1. The first kappa shape index (κ1) is 27.5. The fraction of sp³-hybridized carbons (Fsp3) is 0.679. The van der Waals surface area contributed by atoms with Crippen molar-refractivity contribution in [2.24, 2.45) is 17.8 Å². The topological polar surface area (TPSA) is 139 Å². The van der Waals surface area contributed by atoms with Gasteiger partial charge in [-0.3, -0.25) is 14.4 Å². The molecule has 2 unspecified atom stereocenters. The van der Waals surface area contributed by atoms with Gasteiger partial charge in [0.1, 0.15) is 23.8 Å². The molecule has 6 atom stereocenters. The first-order valence-corrected chi connectivity index (χ1v) is 14.2. The molecule has 3 aliphatic heterocycles. The van der Waals surface area contributed by atoms with E-state index in [0.717, 1.165) is 11.9 Å². The molecular formula is C28H40N6O5. The van der Waals surface area contributed by atoms with Crippen LogP contribution < -0.4 is 10.6 Å². The molecule has 11 nitrogen and oxygen atoms in total. The van der Waals surface area contributed by atoms with Gasteiger partial charge in [0.15, 0.2) is 0 Å². The smallest absolute Gasteiger partial charge is 0.247 e. The fourth-order valence-electron chi connectivity index (χ4n) is 7.21. The first-order valence-electron chi connectivity index (χ1n) is 14.2. The van der Waals surface area contributed by atoms with Crippen LogP contribution in [0.3, 0.4) is 0 Å². The minimum absolute atomic E-state index is 0.0614. The van der Waals surface area contributed by atoms with Crippen molar-refractivity contribution in [2.45, 2.75) is 89.8 Å². The highest BCUT2D eigenvalue weighted by molar-refractivity contribution is 5.99. The van der Waals surface area contributed by atoms with Crippen LogP contribution in [0.2, 0.25) is 0 Å². The minimum atomic E-state index is -1.14. The second-order valence-corrected chi connectivity index (χ2v) is 11.6. The Morgan fingerprint density at radius 1 is 1.18 bits per heavy atom. The number of hydrogen-bond acceptors (Lipinski definition) is 7. The maximum Gasteiger partial charge on any atom is 0.247 e. The number of rotatable bonds is 11. The zero-order chi connectivity index (χ0) is 27.9. The zero-order valence-electron chi connectivity index (χ0n) is 23.2. The van der Waals surface area contributed by atoms with Crippen molar-refractivity contribution in [3.63, 3.8) is 0 Å². The van der Waals surface area contributed by atoms with Gasteiger partial charge in [-0.2, -0.15) is 0 Å². The average Bonchev–Trinajstić information content (AvgIpc) is 3.66. The average molecular weight is 541 g/mol. The highest BCUT2D eigenvalue weighted by Gasteiger charge is 2.79. The Kier molecular flexibility index (Phi) is 7.41. The SMILES string of the molecule is CCCNC(=O)[C@H]1[C@H]2C(=O)N([C@@H](CO)CC(C)C)C(C(=O)NCn3nnc4ccccc43)C23CC[C@]1(CC)O3. The lowest BCUT2D eigenvalue weighted by Gasteiger charge is -2.37. The molecule has 5 rings (SSSR count). The Balaban J connectivity index is 1.51. The molecule has 0 aliphatic carbocycles. The number of likely N-dealkylation sites (tertiary alicyclic amines) is 1. The van der Waals surface area contributed by atoms with Crippen LogP contribution in [0.5, 0.6) is 0 Å². The second-order valence-electron chi connectivity index (χ2n) is 11.6. The number of nitrogens with one attached hydrogen (secondary N) is 2. The van der Waals surface area contributed by atoms with Gasteiger partial charge in [0.05, 0.1) is 35.6 Å². The van der Waals surface area contributed by atoms with E-state index in [-0.39, 0.29) is 36.9 Å². The number of aromatic nitrogens is 3. The van der Waals surface area contributed by atoms with E-state index in [2.05, 4.69) is 20.9 Å². The van der Waals surface area contributed by atoms with Crippen LogP contribution in [-0.4, -0.2) is 79.2 Å². The van der Waals surface area contributed by atoms with Crippen LogP contribution in [0.15, 0.2) is 24.3 Å². The van der Waals surface area contributed by atoms with Crippen LogP contribution >= 0.6 is 0 Å². The van der Waals surface area contributed by atoms with Gasteiger partial charge in [-0.05, 0) is 50.2 Å². The molecule has 3 amide bonds. The third kappa shape index (κ3) is 4.30. The number of aliphatic hydroxyl groups is 1. The molecule has 1 aromatic carbocycles. The van der Waals surface area contributed by atoms with Gasteiger partial charge in [-0.1, -0.05) is 45.0 Å². The number of benzene rings is 1. The summed E-state index contributed by atoms with van der Waals surface area (Å²) >= 11 is 0. The number of amides is 3. The number of aliphatic hydroxyl groups excluding tert-OH is 1. The van der Waals surface area contributed by atoms with Crippen molar-refractivity contribution in [3.05, 3.63) is 24.3 Å². The predicted molar refractivity (Wildman–Crippen MR) is 143 cm³/mol. The summed E-state index contributed by atoms with van der Waals surface area (Å²) in [6.45, 7) is 8.28. The van der Waals surface area contributed by atoms with Crippen LogP contribution in [0.4, 0.5) is 0 Å². The zero-order valence-corrected chi connectivity index (χ0v) is 23.2. The Morgan fingerprint density at radius 3 is 2.64 bits per heavy atom. The molecular weight excluding hydrogens is 500 g/mol. The highest BCUT2D eigenvalue weighted by atomic mass is 16.5. The molecule has 0 radical (unpaired) electrons. The quantitative estimate of drug-likeness (QED) is 0.393. The minimum Gasteiger partial charge on any atom is -0.394 e. The molecule has 11 heteroatoms. The number of carbonyl (C=O) groups is 3. The highest BCUT2D eigenvalue weighted by Crippen LogP contribution is 2.64. The number of nitrogens with zero attached hydrogens (tertiary/aromatic N) is 4. The Labute approximate surface area is 228 Å². The normalized spacial score (nSPS) is 30.3. The van der Waals surface area contributed by atoms with Crippen molar-refractivity contribution >= 4 is 28.8 Å². The Morgan fingerprint density at radius 2 is 1.95 bits per heavy atom. The molecule has 3 saturated heterocycles. The van der Waals surface area contributed by atoms with E-state index in [0.29, 0.717) is 37.7 Å². The lowest BCUT2D eigenvalue weighted by atomic mass is 9.65. The molecule has 3 aliphatic rings. The van der Waals surface area contributed by atoms with Gasteiger partial charge in [0, 0.05) is 6.54 Å². The summed E-state index contributed by atoms with van der Waals surface area (Å²) in [5.41, 5.74) is -0.446. The van der Waals surface area contributed by atoms with Crippen LogP contribution in [-0.2, 0) is 25.8 Å². The van der Waals surface area contributed by atoms with E-state index in [4.69, 9.17) is 4.74 Å². The number of ether oxygens (including phenoxy) is 1. The van der Waals surface area contributed by atoms with Gasteiger partial charge in [0.2, 0.25) is 17.7 Å². The maximum absolute atomic E-state index is 14.3. The number of fused-ring (bicyclic) bond motifs is 2. The van der Waals surface area contributed by atoms with Crippen molar-refractivity contribution in [1.29, 1.82) is 0 Å². The third-order valence-electron chi connectivity index (χ3n) is 8.87. The van der Waals surface area contributed by atoms with Crippen LogP contribution in [0.25, 0.3) is 11.0 Å². The summed E-state index contributed by atoms with van der Waals surface area (Å²) in [6.07, 6.45) is 2.95. The van der Waals surface area contributed by atoms with E-state index in [1.165, 1.54) is 4.90 Å². The number of carbonyl (C=O) groups excluding carboxylic acids is 3. The van der Waals surface area contributed by atoms with Gasteiger partial charge >= 0.3 is 0 Å². The summed E-state index contributed by atoms with van der Waals surface area (Å²) in [4.78, 5) is 43.4. The van der Waals surface area contributed by atoms with Gasteiger partial charge in [-0.15, -0.1) is 5.10 Å². The van der Waals surface area contributed by atoms with E-state index >= 15 is 0 Å². The van der Waals surface area contributed by atoms with Crippen molar-refractivity contribution in [2.75, 3.05) is 13.2 Å². The Hall–Kier alpha value is -3.05. The largest absolute Gasteiger partial charge is 0.394 e. The van der Waals surface area contributed by atoms with Crippen LogP contribution in [0.1, 0.15) is 59.8 Å². The van der Waals surface area contributed by atoms with Gasteiger partial charge < -0.3 is 25.4 Å². The molecule has 0 saturated carbocycles. The summed E-state index contributed by atoms with van der Waals surface area (Å²) in [5, 5.41) is 24.7. The Bertz CT molecular complexity index is 1250. The molecule has 1 aromatic heterocycles. The molecule has 2 bridgehead atoms. The molecule has 1 spiro atoms. The monoisotopic (exact) mass is 540 g/mol. The lowest BCUT2D eigenvalue weighted by Crippen LogP contribution is -2.58. The van der Waals surface area contributed by atoms with Gasteiger partial charge in [0.25, 0.3) is 0 Å². The fourth-order valence-corrected chi connectivity index (χ4v) is 7.21. The third-order valence-corrected chi connectivity index (χ3v) is 8.87. The molecule has 2 aromatic rings. The summed E-state index contributed by atoms with van der Waals surface area (Å²) in [6, 6.07) is 5.92.